The Kier molecular flexibility index (Phi) is 5.02. The molecular weight excluding hydrogens is 262 g/mol. The fourth-order valence-corrected chi connectivity index (χ4v) is 2.36. The van der Waals surface area contributed by atoms with Gasteiger partial charge < -0.3 is 15.0 Å². The molecule has 0 radical (unpaired) electrons. The molecule has 2 rings (SSSR count). The van der Waals surface area contributed by atoms with Crippen LogP contribution in [0.4, 0.5) is 0 Å². The molecule has 4 heteroatoms. The van der Waals surface area contributed by atoms with E-state index in [0.29, 0.717) is 12.1 Å². The molecule has 110 valence electrons. The van der Waals surface area contributed by atoms with Gasteiger partial charge in [-0.2, -0.15) is 5.26 Å². The van der Waals surface area contributed by atoms with Crippen molar-refractivity contribution < 1.29 is 4.74 Å². The molecule has 0 fully saturated rings. The minimum absolute atomic E-state index is 0.172. The van der Waals surface area contributed by atoms with Gasteiger partial charge in [-0.1, -0.05) is 6.92 Å². The van der Waals surface area contributed by atoms with E-state index < -0.39 is 0 Å². The van der Waals surface area contributed by atoms with Crippen LogP contribution in [0.15, 0.2) is 36.5 Å². The summed E-state index contributed by atoms with van der Waals surface area (Å²) < 4.78 is 7.55. The third-order valence-electron chi connectivity index (χ3n) is 3.67. The summed E-state index contributed by atoms with van der Waals surface area (Å²) in [5, 5.41) is 9.04. The fraction of sp³-hybridized carbons (Fsp3) is 0.353. The highest BCUT2D eigenvalue weighted by Gasteiger charge is 2.10. The molecule has 0 aliphatic rings. The zero-order valence-corrected chi connectivity index (χ0v) is 12.5. The Bertz CT molecular complexity index is 640. The van der Waals surface area contributed by atoms with Crippen LogP contribution in [-0.2, 0) is 13.0 Å². The molecule has 1 heterocycles. The Morgan fingerprint density at radius 2 is 2.19 bits per heavy atom. The van der Waals surface area contributed by atoms with Gasteiger partial charge in [-0.3, -0.25) is 0 Å². The average Bonchev–Trinajstić information content (AvgIpc) is 2.94. The van der Waals surface area contributed by atoms with Crippen LogP contribution >= 0.6 is 0 Å². The van der Waals surface area contributed by atoms with E-state index in [4.69, 9.17) is 15.7 Å². The molecule has 0 aliphatic heterocycles. The van der Waals surface area contributed by atoms with Crippen molar-refractivity contribution in [2.24, 2.45) is 5.73 Å². The lowest BCUT2D eigenvalue weighted by Crippen LogP contribution is -2.23. The molecule has 0 spiro atoms. The highest BCUT2D eigenvalue weighted by molar-refractivity contribution is 5.42. The zero-order valence-electron chi connectivity index (χ0n) is 12.5. The predicted octanol–water partition coefficient (Wildman–Crippen LogP) is 2.70. The van der Waals surface area contributed by atoms with Gasteiger partial charge in [0.15, 0.2) is 0 Å². The number of benzene rings is 1. The van der Waals surface area contributed by atoms with E-state index >= 15 is 0 Å². The quantitative estimate of drug-likeness (QED) is 0.886. The van der Waals surface area contributed by atoms with Crippen LogP contribution in [0.25, 0.3) is 0 Å². The molecule has 0 saturated carbocycles. The summed E-state index contributed by atoms with van der Waals surface area (Å²) in [6.07, 6.45) is 3.85. The van der Waals surface area contributed by atoms with Crippen molar-refractivity contribution in [1.82, 2.24) is 4.57 Å². The molecule has 1 aromatic carbocycles. The van der Waals surface area contributed by atoms with E-state index in [1.54, 1.807) is 13.2 Å². The molecule has 1 aromatic heterocycles. The first-order valence-electron chi connectivity index (χ1n) is 7.14. The van der Waals surface area contributed by atoms with Crippen molar-refractivity contribution in [2.75, 3.05) is 7.11 Å². The molecule has 0 amide bonds. The number of aromatic nitrogens is 1. The van der Waals surface area contributed by atoms with Gasteiger partial charge in [0, 0.05) is 29.9 Å². The maximum absolute atomic E-state index is 9.04. The normalized spacial score (nSPS) is 11.9. The van der Waals surface area contributed by atoms with Crippen molar-refractivity contribution in [3.63, 3.8) is 0 Å². The number of ether oxygens (including phenoxy) is 1. The van der Waals surface area contributed by atoms with E-state index in [1.807, 2.05) is 24.4 Å². The minimum atomic E-state index is 0.172. The minimum Gasteiger partial charge on any atom is -0.496 e. The van der Waals surface area contributed by atoms with Gasteiger partial charge in [-0.25, -0.2) is 0 Å². The molecular formula is C17H21N3O. The number of methoxy groups -OCH3 is 1. The second-order valence-corrected chi connectivity index (χ2v) is 5.14. The maximum Gasteiger partial charge on any atom is 0.123 e. The molecule has 1 atom stereocenters. The summed E-state index contributed by atoms with van der Waals surface area (Å²) in [6, 6.07) is 12.0. The van der Waals surface area contributed by atoms with Crippen LogP contribution in [0.5, 0.6) is 5.75 Å². The maximum atomic E-state index is 9.04. The molecule has 0 bridgehead atoms. The first kappa shape index (κ1) is 15.1. The summed E-state index contributed by atoms with van der Waals surface area (Å²) in [7, 11) is 1.65. The molecule has 0 saturated heterocycles. The van der Waals surface area contributed by atoms with E-state index in [2.05, 4.69) is 23.6 Å². The Balaban J connectivity index is 2.26. The van der Waals surface area contributed by atoms with E-state index in [-0.39, 0.29) is 6.04 Å². The number of nitrogens with two attached hydrogens (primary N) is 1. The number of nitriles is 1. The second kappa shape index (κ2) is 6.96. The predicted molar refractivity (Wildman–Crippen MR) is 83.2 cm³/mol. The van der Waals surface area contributed by atoms with Crippen LogP contribution in [0, 0.1) is 11.3 Å². The average molecular weight is 283 g/mol. The Labute approximate surface area is 125 Å². The van der Waals surface area contributed by atoms with Crippen molar-refractivity contribution >= 4 is 0 Å². The summed E-state index contributed by atoms with van der Waals surface area (Å²) in [5.74, 6) is 0.799. The molecule has 2 aromatic rings. The van der Waals surface area contributed by atoms with Gasteiger partial charge in [-0.05, 0) is 36.8 Å². The molecule has 1 unspecified atom stereocenters. The number of nitrogens with zero attached hydrogens (tertiary/aromatic N) is 2. The summed E-state index contributed by atoms with van der Waals surface area (Å²) >= 11 is 0. The van der Waals surface area contributed by atoms with Gasteiger partial charge in [0.1, 0.15) is 5.75 Å². The third-order valence-corrected chi connectivity index (χ3v) is 3.67. The largest absolute Gasteiger partial charge is 0.496 e. The Hall–Kier alpha value is -2.25. The van der Waals surface area contributed by atoms with Crippen LogP contribution in [-0.4, -0.2) is 17.7 Å². The second-order valence-electron chi connectivity index (χ2n) is 5.14. The van der Waals surface area contributed by atoms with Gasteiger partial charge in [0.05, 0.1) is 25.3 Å². The molecule has 0 aliphatic carbocycles. The van der Waals surface area contributed by atoms with Crippen molar-refractivity contribution in [3.05, 3.63) is 53.3 Å². The molecule has 4 nitrogen and oxygen atoms in total. The SMILES string of the molecule is CCC(N)Cc1cccn1Cc1cc(C#N)ccc1OC. The van der Waals surface area contributed by atoms with Crippen molar-refractivity contribution in [1.29, 1.82) is 5.26 Å². The topological polar surface area (TPSA) is 64.0 Å². The lowest BCUT2D eigenvalue weighted by Gasteiger charge is -2.15. The van der Waals surface area contributed by atoms with Gasteiger partial charge in [0.2, 0.25) is 0 Å². The third kappa shape index (κ3) is 3.65. The van der Waals surface area contributed by atoms with Crippen LogP contribution in [0.1, 0.15) is 30.2 Å². The molecule has 2 N–H and O–H groups in total. The summed E-state index contributed by atoms with van der Waals surface area (Å²) in [6.45, 7) is 2.77. The number of hydrogen-bond acceptors (Lipinski definition) is 3. The van der Waals surface area contributed by atoms with Crippen LogP contribution < -0.4 is 10.5 Å². The summed E-state index contributed by atoms with van der Waals surface area (Å²) in [4.78, 5) is 0. The monoisotopic (exact) mass is 283 g/mol. The van der Waals surface area contributed by atoms with Crippen molar-refractivity contribution in [2.45, 2.75) is 32.4 Å². The van der Waals surface area contributed by atoms with E-state index in [1.165, 1.54) is 5.69 Å². The highest BCUT2D eigenvalue weighted by Crippen LogP contribution is 2.22. The summed E-state index contributed by atoms with van der Waals surface area (Å²) in [5.41, 5.74) is 8.89. The smallest absolute Gasteiger partial charge is 0.123 e. The first-order valence-corrected chi connectivity index (χ1v) is 7.14. The molecule has 21 heavy (non-hydrogen) atoms. The van der Waals surface area contributed by atoms with Gasteiger partial charge in [0.25, 0.3) is 0 Å². The Morgan fingerprint density at radius 3 is 2.86 bits per heavy atom. The van der Waals surface area contributed by atoms with Gasteiger partial charge >= 0.3 is 0 Å². The lowest BCUT2D eigenvalue weighted by atomic mass is 10.1. The number of hydrogen-bond donors (Lipinski definition) is 1. The van der Waals surface area contributed by atoms with E-state index in [9.17, 15) is 0 Å². The van der Waals surface area contributed by atoms with Crippen LogP contribution in [0.2, 0.25) is 0 Å². The van der Waals surface area contributed by atoms with Crippen molar-refractivity contribution in [3.8, 4) is 11.8 Å². The number of rotatable bonds is 6. The highest BCUT2D eigenvalue weighted by atomic mass is 16.5. The van der Waals surface area contributed by atoms with E-state index in [0.717, 1.165) is 24.2 Å². The Morgan fingerprint density at radius 1 is 1.38 bits per heavy atom. The fourth-order valence-electron chi connectivity index (χ4n) is 2.36. The van der Waals surface area contributed by atoms with Crippen LogP contribution in [0.3, 0.4) is 0 Å². The lowest BCUT2D eigenvalue weighted by molar-refractivity contribution is 0.408. The standard InChI is InChI=1S/C17H21N3O/c1-3-15(19)10-16-5-4-8-20(16)12-14-9-13(11-18)6-7-17(14)21-2/h4-9,15H,3,10,12,19H2,1-2H3. The first-order chi connectivity index (χ1) is 10.2. The zero-order chi connectivity index (χ0) is 15.2. The van der Waals surface area contributed by atoms with Gasteiger partial charge in [-0.15, -0.1) is 0 Å².